The molecule has 4 fully saturated rings. The van der Waals surface area contributed by atoms with Crippen LogP contribution in [0.15, 0.2) is 24.3 Å². The Morgan fingerprint density at radius 2 is 1.73 bits per heavy atom. The first-order valence-corrected chi connectivity index (χ1v) is 12.6. The Kier molecular flexibility index (Phi) is 5.90. The summed E-state index contributed by atoms with van der Waals surface area (Å²) in [5.41, 5.74) is 1.11. The molecule has 0 saturated heterocycles. The van der Waals surface area contributed by atoms with Gasteiger partial charge in [-0.1, -0.05) is 18.2 Å². The van der Waals surface area contributed by atoms with Crippen molar-refractivity contribution < 1.29 is 17.4 Å². The molecule has 0 unspecified atom stereocenters. The van der Waals surface area contributed by atoms with E-state index in [-0.39, 0.29) is 23.8 Å². The summed E-state index contributed by atoms with van der Waals surface area (Å²) in [7, 11) is -3.44. The second-order valence-electron chi connectivity index (χ2n) is 9.38. The van der Waals surface area contributed by atoms with Gasteiger partial charge in [0.05, 0.1) is 12.9 Å². The summed E-state index contributed by atoms with van der Waals surface area (Å²) in [6.45, 7) is 0.578. The molecule has 164 valence electrons. The van der Waals surface area contributed by atoms with Crippen molar-refractivity contribution in [1.29, 1.82) is 5.41 Å². The summed E-state index contributed by atoms with van der Waals surface area (Å²) in [5.74, 6) is 1.89. The molecule has 1 amide bonds. The highest BCUT2D eigenvalue weighted by molar-refractivity contribution is 7.85. The molecule has 0 aromatic heterocycles. The monoisotopic (exact) mass is 433 g/mol. The van der Waals surface area contributed by atoms with Gasteiger partial charge < -0.3 is 10.6 Å². The summed E-state index contributed by atoms with van der Waals surface area (Å²) in [6.07, 6.45) is 8.61. The van der Waals surface area contributed by atoms with Crippen LogP contribution in [0.1, 0.15) is 50.5 Å². The largest absolute Gasteiger partial charge is 0.384 e. The molecule has 4 aliphatic carbocycles. The van der Waals surface area contributed by atoms with Crippen molar-refractivity contribution in [2.45, 2.75) is 50.5 Å². The maximum absolute atomic E-state index is 13.0. The Labute approximate surface area is 178 Å². The molecule has 8 heteroatoms. The van der Waals surface area contributed by atoms with Crippen molar-refractivity contribution in [2.24, 2.45) is 17.8 Å². The molecule has 4 aliphatic rings. The van der Waals surface area contributed by atoms with E-state index in [1.807, 2.05) is 18.2 Å². The third-order valence-corrected chi connectivity index (χ3v) is 7.37. The topological polar surface area (TPSA) is 108 Å². The van der Waals surface area contributed by atoms with Crippen molar-refractivity contribution >= 4 is 27.4 Å². The summed E-state index contributed by atoms with van der Waals surface area (Å²) >= 11 is 0. The Hall–Kier alpha value is -1.93. The average molecular weight is 434 g/mol. The van der Waals surface area contributed by atoms with Gasteiger partial charge in [-0.2, -0.15) is 8.42 Å². The SMILES string of the molecule is CS(=O)(=O)OCCCNc1ccccc1C(=N)C(=O)NC12CC3CC(CC(C3)C1)C2. The smallest absolute Gasteiger partial charge is 0.270 e. The van der Waals surface area contributed by atoms with Gasteiger partial charge in [0.15, 0.2) is 0 Å². The van der Waals surface area contributed by atoms with Gasteiger partial charge in [0.25, 0.3) is 16.0 Å². The number of rotatable bonds is 9. The van der Waals surface area contributed by atoms with Gasteiger partial charge in [-0.25, -0.2) is 0 Å². The molecule has 0 spiro atoms. The second kappa shape index (κ2) is 8.30. The molecular weight excluding hydrogens is 402 g/mol. The minimum absolute atomic E-state index is 0.0266. The highest BCUT2D eigenvalue weighted by Crippen LogP contribution is 2.55. The van der Waals surface area contributed by atoms with Gasteiger partial charge in [0.2, 0.25) is 0 Å². The van der Waals surface area contributed by atoms with Crippen LogP contribution in [-0.2, 0) is 19.1 Å². The molecule has 1 aromatic rings. The number of hydrogen-bond donors (Lipinski definition) is 3. The minimum atomic E-state index is -3.44. The normalized spacial score (nSPS) is 29.6. The van der Waals surface area contributed by atoms with E-state index in [1.54, 1.807) is 6.07 Å². The van der Waals surface area contributed by atoms with Crippen LogP contribution >= 0.6 is 0 Å². The lowest BCUT2D eigenvalue weighted by atomic mass is 9.53. The van der Waals surface area contributed by atoms with Crippen LogP contribution in [0.3, 0.4) is 0 Å². The lowest BCUT2D eigenvalue weighted by Crippen LogP contribution is -2.60. The van der Waals surface area contributed by atoms with Crippen LogP contribution in [0.25, 0.3) is 0 Å². The molecule has 0 radical (unpaired) electrons. The zero-order valence-electron chi connectivity index (χ0n) is 17.4. The van der Waals surface area contributed by atoms with E-state index in [4.69, 9.17) is 9.59 Å². The van der Waals surface area contributed by atoms with E-state index >= 15 is 0 Å². The Morgan fingerprint density at radius 3 is 2.33 bits per heavy atom. The van der Waals surface area contributed by atoms with E-state index < -0.39 is 10.1 Å². The van der Waals surface area contributed by atoms with Gasteiger partial charge >= 0.3 is 0 Å². The van der Waals surface area contributed by atoms with Gasteiger partial charge in [-0.3, -0.25) is 14.4 Å². The number of hydrogen-bond acceptors (Lipinski definition) is 6. The Morgan fingerprint density at radius 1 is 1.13 bits per heavy atom. The number of amides is 1. The third-order valence-electron chi connectivity index (χ3n) is 6.77. The lowest BCUT2D eigenvalue weighted by molar-refractivity contribution is -0.120. The van der Waals surface area contributed by atoms with Gasteiger partial charge in [-0.05, 0) is 68.8 Å². The van der Waals surface area contributed by atoms with Crippen molar-refractivity contribution in [3.05, 3.63) is 29.8 Å². The standard InChI is InChI=1S/C22H31N3O4S/c1-30(27,28)29-8-4-7-24-19-6-3-2-5-18(19)20(23)21(26)25-22-12-15-9-16(13-22)11-17(10-15)14-22/h2-3,5-6,15-17,23-24H,4,7-14H2,1H3,(H,25,26). The van der Waals surface area contributed by atoms with E-state index in [0.717, 1.165) is 43.3 Å². The van der Waals surface area contributed by atoms with Gasteiger partial charge in [-0.15, -0.1) is 0 Å². The number of para-hydroxylation sites is 1. The van der Waals surface area contributed by atoms with Crippen LogP contribution in [-0.4, -0.2) is 45.0 Å². The summed E-state index contributed by atoms with van der Waals surface area (Å²) in [4.78, 5) is 13.0. The molecule has 5 rings (SSSR count). The van der Waals surface area contributed by atoms with Crippen molar-refractivity contribution in [3.8, 4) is 0 Å². The Balaban J connectivity index is 1.37. The van der Waals surface area contributed by atoms with Crippen molar-refractivity contribution in [3.63, 3.8) is 0 Å². The number of carbonyl (C=O) groups is 1. The quantitative estimate of drug-likeness (QED) is 0.315. The maximum atomic E-state index is 13.0. The molecule has 3 N–H and O–H groups in total. The molecule has 4 bridgehead atoms. The molecule has 4 saturated carbocycles. The molecule has 1 aromatic carbocycles. The molecule has 7 nitrogen and oxygen atoms in total. The summed E-state index contributed by atoms with van der Waals surface area (Å²) < 4.78 is 26.8. The van der Waals surface area contributed by atoms with Crippen LogP contribution in [0.5, 0.6) is 0 Å². The number of anilines is 1. The van der Waals surface area contributed by atoms with Crippen molar-refractivity contribution in [1.82, 2.24) is 5.32 Å². The number of nitrogens with one attached hydrogen (secondary N) is 3. The van der Waals surface area contributed by atoms with E-state index in [1.165, 1.54) is 19.3 Å². The Bertz CT molecular complexity index is 893. The fourth-order valence-electron chi connectivity index (χ4n) is 6.05. The predicted molar refractivity (Wildman–Crippen MR) is 116 cm³/mol. The molecule has 0 atom stereocenters. The average Bonchev–Trinajstić information content (AvgIpc) is 2.65. The summed E-state index contributed by atoms with van der Waals surface area (Å²) in [6, 6.07) is 7.28. The summed E-state index contributed by atoms with van der Waals surface area (Å²) in [5, 5.41) is 15.0. The highest BCUT2D eigenvalue weighted by atomic mass is 32.2. The first kappa shape index (κ1) is 21.3. The zero-order chi connectivity index (χ0) is 21.4. The lowest BCUT2D eigenvalue weighted by Gasteiger charge is -2.56. The third kappa shape index (κ3) is 4.86. The van der Waals surface area contributed by atoms with E-state index in [0.29, 0.717) is 24.2 Å². The van der Waals surface area contributed by atoms with Crippen LogP contribution in [0.4, 0.5) is 5.69 Å². The minimum Gasteiger partial charge on any atom is -0.384 e. The van der Waals surface area contributed by atoms with E-state index in [9.17, 15) is 13.2 Å². The molecule has 0 heterocycles. The number of benzene rings is 1. The van der Waals surface area contributed by atoms with Crippen LogP contribution in [0.2, 0.25) is 0 Å². The van der Waals surface area contributed by atoms with Gasteiger partial charge in [0.1, 0.15) is 5.71 Å². The molecular formula is C22H31N3O4S. The molecule has 30 heavy (non-hydrogen) atoms. The van der Waals surface area contributed by atoms with Crippen LogP contribution in [0, 0.1) is 23.2 Å². The predicted octanol–water partition coefficient (Wildman–Crippen LogP) is 2.92. The zero-order valence-corrected chi connectivity index (χ0v) is 18.3. The first-order valence-electron chi connectivity index (χ1n) is 10.8. The van der Waals surface area contributed by atoms with E-state index in [2.05, 4.69) is 10.6 Å². The van der Waals surface area contributed by atoms with Crippen LogP contribution < -0.4 is 10.6 Å². The fraction of sp³-hybridized carbons (Fsp3) is 0.636. The fourth-order valence-corrected chi connectivity index (χ4v) is 6.47. The van der Waals surface area contributed by atoms with Gasteiger partial charge in [0, 0.05) is 23.3 Å². The maximum Gasteiger partial charge on any atom is 0.270 e. The number of carbonyl (C=O) groups excluding carboxylic acids is 1. The molecule has 0 aliphatic heterocycles. The highest BCUT2D eigenvalue weighted by Gasteiger charge is 2.51. The van der Waals surface area contributed by atoms with Crippen molar-refractivity contribution in [2.75, 3.05) is 24.7 Å². The first-order chi connectivity index (χ1) is 14.2. The second-order valence-corrected chi connectivity index (χ2v) is 11.0.